The topological polar surface area (TPSA) is 24.5 Å². The standard InChI is InChI=1S/C14H30N2O/c1-11(2)15-8-7-12(3)16-9-13(4)17-14(5,6)10-16/h11-13,15H,7-10H2,1-6H3. The summed E-state index contributed by atoms with van der Waals surface area (Å²) in [6, 6.07) is 1.22. The first-order valence-electron chi connectivity index (χ1n) is 6.95. The van der Waals surface area contributed by atoms with Gasteiger partial charge in [-0.15, -0.1) is 0 Å². The van der Waals surface area contributed by atoms with Gasteiger partial charge in [0.2, 0.25) is 0 Å². The van der Waals surface area contributed by atoms with E-state index < -0.39 is 0 Å². The number of nitrogens with zero attached hydrogens (tertiary/aromatic N) is 1. The molecule has 1 fully saturated rings. The minimum absolute atomic E-state index is 0.00258. The molecule has 0 aliphatic carbocycles. The lowest BCUT2D eigenvalue weighted by Gasteiger charge is -2.44. The molecule has 102 valence electrons. The molecule has 1 saturated heterocycles. The van der Waals surface area contributed by atoms with E-state index in [0.717, 1.165) is 19.6 Å². The van der Waals surface area contributed by atoms with Crippen molar-refractivity contribution in [1.82, 2.24) is 10.2 Å². The monoisotopic (exact) mass is 242 g/mol. The van der Waals surface area contributed by atoms with E-state index in [0.29, 0.717) is 18.2 Å². The van der Waals surface area contributed by atoms with Crippen LogP contribution < -0.4 is 5.32 Å². The summed E-state index contributed by atoms with van der Waals surface area (Å²) in [7, 11) is 0. The Labute approximate surface area is 107 Å². The molecule has 2 unspecified atom stereocenters. The van der Waals surface area contributed by atoms with Crippen LogP contribution in [-0.4, -0.2) is 48.3 Å². The van der Waals surface area contributed by atoms with Crippen LogP contribution in [0.4, 0.5) is 0 Å². The Morgan fingerprint density at radius 1 is 1.35 bits per heavy atom. The Morgan fingerprint density at radius 2 is 2.00 bits per heavy atom. The molecule has 0 spiro atoms. The van der Waals surface area contributed by atoms with E-state index >= 15 is 0 Å². The third kappa shape index (κ3) is 5.36. The maximum atomic E-state index is 5.94. The van der Waals surface area contributed by atoms with E-state index in [9.17, 15) is 0 Å². The highest BCUT2D eigenvalue weighted by Gasteiger charge is 2.33. The van der Waals surface area contributed by atoms with Crippen LogP contribution >= 0.6 is 0 Å². The maximum absolute atomic E-state index is 5.94. The number of rotatable bonds is 5. The van der Waals surface area contributed by atoms with Gasteiger partial charge in [0.1, 0.15) is 0 Å². The molecule has 0 amide bonds. The average Bonchev–Trinajstić information content (AvgIpc) is 2.13. The predicted molar refractivity (Wildman–Crippen MR) is 73.4 cm³/mol. The normalized spacial score (nSPS) is 27.4. The van der Waals surface area contributed by atoms with Gasteiger partial charge in [0.15, 0.2) is 0 Å². The minimum Gasteiger partial charge on any atom is -0.370 e. The van der Waals surface area contributed by atoms with Crippen LogP contribution in [0.2, 0.25) is 0 Å². The van der Waals surface area contributed by atoms with Crippen molar-refractivity contribution in [2.75, 3.05) is 19.6 Å². The van der Waals surface area contributed by atoms with Gasteiger partial charge >= 0.3 is 0 Å². The zero-order valence-corrected chi connectivity index (χ0v) is 12.4. The molecule has 1 heterocycles. The number of hydrogen-bond acceptors (Lipinski definition) is 3. The minimum atomic E-state index is -0.00258. The summed E-state index contributed by atoms with van der Waals surface area (Å²) >= 11 is 0. The Morgan fingerprint density at radius 3 is 2.53 bits per heavy atom. The van der Waals surface area contributed by atoms with Crippen LogP contribution in [0, 0.1) is 0 Å². The highest BCUT2D eigenvalue weighted by Crippen LogP contribution is 2.22. The molecule has 1 N–H and O–H groups in total. The molecule has 1 aliphatic heterocycles. The van der Waals surface area contributed by atoms with Crippen LogP contribution in [0.1, 0.15) is 48.0 Å². The second-order valence-electron chi connectivity index (χ2n) is 6.36. The highest BCUT2D eigenvalue weighted by molar-refractivity contribution is 4.85. The van der Waals surface area contributed by atoms with Gasteiger partial charge < -0.3 is 10.1 Å². The van der Waals surface area contributed by atoms with E-state index in [1.54, 1.807) is 0 Å². The molecular weight excluding hydrogens is 212 g/mol. The first-order valence-corrected chi connectivity index (χ1v) is 6.95. The summed E-state index contributed by atoms with van der Waals surface area (Å²) in [5.41, 5.74) is -0.00258. The summed E-state index contributed by atoms with van der Waals surface area (Å²) in [6.07, 6.45) is 1.56. The van der Waals surface area contributed by atoms with E-state index in [2.05, 4.69) is 51.8 Å². The van der Waals surface area contributed by atoms with E-state index in [1.165, 1.54) is 6.42 Å². The van der Waals surface area contributed by atoms with Crippen molar-refractivity contribution in [1.29, 1.82) is 0 Å². The van der Waals surface area contributed by atoms with Crippen LogP contribution in [0.3, 0.4) is 0 Å². The molecule has 0 bridgehead atoms. The summed E-state index contributed by atoms with van der Waals surface area (Å²) < 4.78 is 5.94. The Kier molecular flexibility index (Phi) is 5.42. The average molecular weight is 242 g/mol. The van der Waals surface area contributed by atoms with Crippen LogP contribution in [0.5, 0.6) is 0 Å². The molecule has 3 heteroatoms. The molecule has 0 aromatic carbocycles. The Bertz CT molecular complexity index is 228. The van der Waals surface area contributed by atoms with Gasteiger partial charge in [0.05, 0.1) is 11.7 Å². The molecule has 17 heavy (non-hydrogen) atoms. The van der Waals surface area contributed by atoms with Crippen molar-refractivity contribution in [3.63, 3.8) is 0 Å². The molecule has 0 radical (unpaired) electrons. The van der Waals surface area contributed by atoms with Gasteiger partial charge in [0.25, 0.3) is 0 Å². The third-order valence-electron chi connectivity index (χ3n) is 3.33. The second-order valence-corrected chi connectivity index (χ2v) is 6.36. The van der Waals surface area contributed by atoms with E-state index in [1.807, 2.05) is 0 Å². The fourth-order valence-electron chi connectivity index (χ4n) is 2.60. The third-order valence-corrected chi connectivity index (χ3v) is 3.33. The number of nitrogens with one attached hydrogen (secondary N) is 1. The summed E-state index contributed by atoms with van der Waals surface area (Å²) in [5.74, 6) is 0. The van der Waals surface area contributed by atoms with Gasteiger partial charge in [-0.2, -0.15) is 0 Å². The van der Waals surface area contributed by atoms with Gasteiger partial charge in [-0.25, -0.2) is 0 Å². The molecule has 0 aromatic heterocycles. The first-order chi connectivity index (χ1) is 7.80. The van der Waals surface area contributed by atoms with Crippen molar-refractivity contribution >= 4 is 0 Å². The maximum Gasteiger partial charge on any atom is 0.0757 e. The van der Waals surface area contributed by atoms with Crippen molar-refractivity contribution in [3.05, 3.63) is 0 Å². The zero-order chi connectivity index (χ0) is 13.1. The van der Waals surface area contributed by atoms with Gasteiger partial charge in [-0.05, 0) is 40.7 Å². The molecule has 0 saturated carbocycles. The predicted octanol–water partition coefficient (Wildman–Crippen LogP) is 2.26. The van der Waals surface area contributed by atoms with E-state index in [-0.39, 0.29) is 5.60 Å². The summed E-state index contributed by atoms with van der Waals surface area (Å²) in [5, 5.41) is 3.49. The van der Waals surface area contributed by atoms with Crippen LogP contribution in [0.15, 0.2) is 0 Å². The fourth-order valence-corrected chi connectivity index (χ4v) is 2.60. The molecule has 1 rings (SSSR count). The lowest BCUT2D eigenvalue weighted by molar-refractivity contribution is -0.137. The lowest BCUT2D eigenvalue weighted by atomic mass is 10.0. The van der Waals surface area contributed by atoms with Crippen LogP contribution in [0.25, 0.3) is 0 Å². The molecule has 2 atom stereocenters. The van der Waals surface area contributed by atoms with Crippen molar-refractivity contribution in [3.8, 4) is 0 Å². The SMILES string of the molecule is CC(C)NCCC(C)N1CC(C)OC(C)(C)C1. The number of hydrogen-bond donors (Lipinski definition) is 1. The Hall–Kier alpha value is -0.120. The van der Waals surface area contributed by atoms with Gasteiger partial charge in [-0.1, -0.05) is 13.8 Å². The lowest BCUT2D eigenvalue weighted by Crippen LogP contribution is -2.54. The van der Waals surface area contributed by atoms with Crippen molar-refractivity contribution < 1.29 is 4.74 Å². The summed E-state index contributed by atoms with van der Waals surface area (Å²) in [6.45, 7) is 16.5. The summed E-state index contributed by atoms with van der Waals surface area (Å²) in [4.78, 5) is 2.57. The number of ether oxygens (including phenoxy) is 1. The number of morpholine rings is 1. The molecule has 1 aliphatic rings. The van der Waals surface area contributed by atoms with Gasteiger partial charge in [-0.3, -0.25) is 4.90 Å². The quantitative estimate of drug-likeness (QED) is 0.800. The zero-order valence-electron chi connectivity index (χ0n) is 12.4. The molecular formula is C14H30N2O. The van der Waals surface area contributed by atoms with Crippen molar-refractivity contribution in [2.45, 2.75) is 71.8 Å². The largest absolute Gasteiger partial charge is 0.370 e. The van der Waals surface area contributed by atoms with E-state index in [4.69, 9.17) is 4.74 Å². The second kappa shape index (κ2) is 6.17. The molecule has 0 aromatic rings. The van der Waals surface area contributed by atoms with Gasteiger partial charge in [0, 0.05) is 25.2 Å². The van der Waals surface area contributed by atoms with Crippen LogP contribution in [-0.2, 0) is 4.74 Å². The smallest absolute Gasteiger partial charge is 0.0757 e. The van der Waals surface area contributed by atoms with Crippen molar-refractivity contribution in [2.24, 2.45) is 0 Å². The first kappa shape index (κ1) is 14.9. The Balaban J connectivity index is 2.37. The molecule has 3 nitrogen and oxygen atoms in total. The highest BCUT2D eigenvalue weighted by atomic mass is 16.5. The fraction of sp³-hybridized carbons (Fsp3) is 1.00.